The Balaban J connectivity index is 1.32. The highest BCUT2D eigenvalue weighted by atomic mass is 16.5. The van der Waals surface area contributed by atoms with Crippen LogP contribution in [0, 0.1) is 70.5 Å². The van der Waals surface area contributed by atoms with Gasteiger partial charge in [-0.3, -0.25) is 0 Å². The zero-order chi connectivity index (χ0) is 29.8. The van der Waals surface area contributed by atoms with E-state index in [1.165, 1.54) is 67.9 Å². The van der Waals surface area contributed by atoms with Crippen LogP contribution in [0.2, 0.25) is 0 Å². The molecule has 10 atom stereocenters. The molecular formula is C36H55N2O3. The number of aryl methyl sites for hydroxylation is 1. The lowest BCUT2D eigenvalue weighted by atomic mass is 9.32. The molecule has 0 spiro atoms. The maximum Gasteiger partial charge on any atom is 0.416 e. The highest BCUT2D eigenvalue weighted by Crippen LogP contribution is 2.78. The molecule has 1 N–H and O–H groups in total. The van der Waals surface area contributed by atoms with Gasteiger partial charge in [0.15, 0.2) is 0 Å². The van der Waals surface area contributed by atoms with Gasteiger partial charge < -0.3 is 9.84 Å². The molecule has 227 valence electrons. The molecule has 1 aromatic rings. The van der Waals surface area contributed by atoms with E-state index in [9.17, 15) is 9.90 Å². The largest absolute Gasteiger partial charge is 0.464 e. The van der Waals surface area contributed by atoms with Gasteiger partial charge in [0.2, 0.25) is 0 Å². The van der Waals surface area contributed by atoms with Crippen molar-refractivity contribution in [1.82, 2.24) is 9.55 Å². The van der Waals surface area contributed by atoms with Crippen LogP contribution < -0.4 is 0 Å². The summed E-state index contributed by atoms with van der Waals surface area (Å²) in [6, 6.07) is 0. The Morgan fingerprint density at radius 1 is 1.00 bits per heavy atom. The summed E-state index contributed by atoms with van der Waals surface area (Å²) < 4.78 is 6.90. The third-order valence-electron chi connectivity index (χ3n) is 15.0. The van der Waals surface area contributed by atoms with Crippen molar-refractivity contribution < 1.29 is 14.6 Å². The molecule has 0 amide bonds. The van der Waals surface area contributed by atoms with Crippen LogP contribution in [0.15, 0.2) is 18.3 Å². The van der Waals surface area contributed by atoms with Crippen LogP contribution in [0.25, 0.3) is 0 Å². The van der Waals surface area contributed by atoms with Crippen molar-refractivity contribution in [3.63, 3.8) is 0 Å². The molecule has 5 aliphatic rings. The molecule has 0 aliphatic heterocycles. The van der Waals surface area contributed by atoms with Crippen molar-refractivity contribution in [2.75, 3.05) is 13.7 Å². The highest BCUT2D eigenvalue weighted by molar-refractivity contribution is 5.68. The lowest BCUT2D eigenvalue weighted by Gasteiger charge is -2.73. The second-order valence-electron chi connectivity index (χ2n) is 16.6. The maximum absolute atomic E-state index is 11.8. The Kier molecular flexibility index (Phi) is 6.78. The fourth-order valence-corrected chi connectivity index (χ4v) is 12.9. The fraction of sp³-hybridized carbons (Fsp3) is 0.806. The predicted molar refractivity (Wildman–Crippen MR) is 164 cm³/mol. The first-order valence-corrected chi connectivity index (χ1v) is 16.5. The summed E-state index contributed by atoms with van der Waals surface area (Å²) in [6.07, 6.45) is 13.4. The number of methoxy groups -OCH3 is 1. The van der Waals surface area contributed by atoms with Gasteiger partial charge in [0.1, 0.15) is 5.82 Å². The van der Waals surface area contributed by atoms with Crippen molar-refractivity contribution in [3.8, 4) is 0 Å². The van der Waals surface area contributed by atoms with Crippen molar-refractivity contribution in [2.24, 2.45) is 56.7 Å². The van der Waals surface area contributed by atoms with E-state index in [2.05, 4.69) is 41.2 Å². The minimum atomic E-state index is -0.938. The molecule has 6 rings (SSSR count). The Morgan fingerprint density at radius 3 is 2.39 bits per heavy atom. The standard InChI is InChI=1S/C36H55N2O3/c1-22(21-41-9)24-12-15-33(5)18-19-35(7)26(30(24)33)10-11-29-34(6)16-13-25(27-20-38(31(39)40)23(2)37-27)32(3,4)28(34)14-17-36(29,35)8/h20,24-26,28-30H,1,5,10-19,21H2,2-4,6-9H3,(H,39,40)/t24-,25+,26+,28-,29+,30+,33+,34-,35+,36+/m0/s1. The van der Waals surface area contributed by atoms with Crippen LogP contribution in [-0.4, -0.2) is 34.5 Å². The molecule has 5 aliphatic carbocycles. The zero-order valence-corrected chi connectivity index (χ0v) is 26.9. The van der Waals surface area contributed by atoms with Gasteiger partial charge in [-0.1, -0.05) is 41.2 Å². The summed E-state index contributed by atoms with van der Waals surface area (Å²) in [5, 5.41) is 9.67. The summed E-state index contributed by atoms with van der Waals surface area (Å²) in [4.78, 5) is 16.6. The number of rotatable bonds is 4. The molecular weight excluding hydrogens is 508 g/mol. The third-order valence-corrected chi connectivity index (χ3v) is 15.0. The average molecular weight is 564 g/mol. The Bertz CT molecular complexity index is 1230. The van der Waals surface area contributed by atoms with Crippen LogP contribution in [0.1, 0.15) is 116 Å². The van der Waals surface area contributed by atoms with Crippen LogP contribution in [0.4, 0.5) is 4.79 Å². The monoisotopic (exact) mass is 563 g/mol. The number of nitrogens with zero attached hydrogens (tertiary/aromatic N) is 2. The molecule has 5 saturated carbocycles. The van der Waals surface area contributed by atoms with Gasteiger partial charge in [-0.15, -0.1) is 0 Å². The summed E-state index contributed by atoms with van der Waals surface area (Å²) in [6.45, 7) is 25.0. The topological polar surface area (TPSA) is 64.3 Å². The first-order chi connectivity index (χ1) is 19.1. The van der Waals surface area contributed by atoms with E-state index in [4.69, 9.17) is 16.6 Å². The van der Waals surface area contributed by atoms with Crippen molar-refractivity contribution in [1.29, 1.82) is 0 Å². The number of carbonyl (C=O) groups is 1. The summed E-state index contributed by atoms with van der Waals surface area (Å²) >= 11 is 0. The van der Waals surface area contributed by atoms with Gasteiger partial charge >= 0.3 is 6.09 Å². The lowest BCUT2D eigenvalue weighted by Crippen LogP contribution is -2.65. The Labute approximate surface area is 248 Å². The van der Waals surface area contributed by atoms with E-state index >= 15 is 0 Å². The molecule has 5 nitrogen and oxygen atoms in total. The lowest BCUT2D eigenvalue weighted by molar-refractivity contribution is -0.235. The summed E-state index contributed by atoms with van der Waals surface area (Å²) in [7, 11) is 1.81. The van der Waals surface area contributed by atoms with E-state index in [0.717, 1.165) is 12.1 Å². The van der Waals surface area contributed by atoms with Crippen LogP contribution in [-0.2, 0) is 4.74 Å². The molecule has 1 heterocycles. The average Bonchev–Trinajstić information content (AvgIpc) is 3.44. The molecule has 1 radical (unpaired) electrons. The van der Waals surface area contributed by atoms with E-state index in [1.54, 1.807) is 6.20 Å². The first kappa shape index (κ1) is 29.5. The molecule has 1 aromatic heterocycles. The zero-order valence-electron chi connectivity index (χ0n) is 26.9. The van der Waals surface area contributed by atoms with Gasteiger partial charge in [-0.2, -0.15) is 0 Å². The second-order valence-corrected chi connectivity index (χ2v) is 16.6. The molecule has 5 heteroatoms. The number of fused-ring (bicyclic) bond motifs is 7. The molecule has 0 unspecified atom stereocenters. The Morgan fingerprint density at radius 2 is 1.73 bits per heavy atom. The van der Waals surface area contributed by atoms with Crippen LogP contribution in [0.3, 0.4) is 0 Å². The van der Waals surface area contributed by atoms with Gasteiger partial charge in [0, 0.05) is 19.2 Å². The normalized spacial score (nSPS) is 46.6. The SMILES string of the molecule is [CH2][C@]12CC[C@@H](C(=C)COC)[C@@H]1[C@H]1CC[C@@H]3[C@@]4(C)CC[C@H](c5cn(C(=O)O)c(C)n5)C(C)(C)[C@@H]4CC[C@@]3(C)[C@]1(C)CC2. The quantitative estimate of drug-likeness (QED) is 0.372. The van der Waals surface area contributed by atoms with Gasteiger partial charge in [-0.25, -0.2) is 14.3 Å². The fourth-order valence-electron chi connectivity index (χ4n) is 12.9. The van der Waals surface area contributed by atoms with Crippen LogP contribution in [0.5, 0.6) is 0 Å². The van der Waals surface area contributed by atoms with Gasteiger partial charge in [0.25, 0.3) is 0 Å². The smallest absolute Gasteiger partial charge is 0.416 e. The number of aromatic nitrogens is 2. The Hall–Kier alpha value is -1.62. The minimum absolute atomic E-state index is 0.0692. The van der Waals surface area contributed by atoms with Crippen LogP contribution >= 0.6 is 0 Å². The van der Waals surface area contributed by atoms with E-state index in [-0.39, 0.29) is 10.8 Å². The number of hydrogen-bond acceptors (Lipinski definition) is 3. The molecule has 0 bridgehead atoms. The summed E-state index contributed by atoms with van der Waals surface area (Å²) in [5.41, 5.74) is 3.48. The minimum Gasteiger partial charge on any atom is -0.464 e. The van der Waals surface area contributed by atoms with E-state index in [0.29, 0.717) is 64.2 Å². The molecule has 0 aromatic carbocycles. The highest BCUT2D eigenvalue weighted by Gasteiger charge is 2.70. The predicted octanol–water partition coefficient (Wildman–Crippen LogP) is 8.92. The second kappa shape index (κ2) is 9.44. The number of carboxylic acid groups (broad SMARTS) is 1. The van der Waals surface area contributed by atoms with Gasteiger partial charge in [0.05, 0.1) is 12.3 Å². The third kappa shape index (κ3) is 3.88. The van der Waals surface area contributed by atoms with Crippen molar-refractivity contribution in [3.05, 3.63) is 36.8 Å². The maximum atomic E-state index is 11.8. The van der Waals surface area contributed by atoms with Gasteiger partial charge in [-0.05, 0) is 140 Å². The number of imidazole rings is 1. The number of hydrogen-bond donors (Lipinski definition) is 1. The van der Waals surface area contributed by atoms with Crippen molar-refractivity contribution >= 4 is 6.09 Å². The van der Waals surface area contributed by atoms with E-state index < -0.39 is 6.09 Å². The number of ether oxygens (including phenoxy) is 1. The summed E-state index contributed by atoms with van der Waals surface area (Å²) in [5.74, 6) is 4.09. The van der Waals surface area contributed by atoms with Crippen molar-refractivity contribution in [2.45, 2.75) is 112 Å². The first-order valence-electron chi connectivity index (χ1n) is 16.5. The molecule has 5 fully saturated rings. The van der Waals surface area contributed by atoms with E-state index in [1.807, 2.05) is 14.0 Å². The molecule has 41 heavy (non-hydrogen) atoms. The molecule has 0 saturated heterocycles.